The van der Waals surface area contributed by atoms with Crippen LogP contribution in [0.1, 0.15) is 22.8 Å². The number of hydrogen-bond acceptors (Lipinski definition) is 3. The van der Waals surface area contributed by atoms with Crippen LogP contribution in [0.3, 0.4) is 0 Å². The molecule has 0 saturated heterocycles. The Morgan fingerprint density at radius 3 is 2.32 bits per heavy atom. The van der Waals surface area contributed by atoms with Crippen LogP contribution in [-0.2, 0) is 4.79 Å². The van der Waals surface area contributed by atoms with Crippen molar-refractivity contribution < 1.29 is 4.79 Å². The van der Waals surface area contributed by atoms with E-state index in [0.29, 0.717) is 12.3 Å². The van der Waals surface area contributed by atoms with Crippen molar-refractivity contribution in [3.05, 3.63) is 70.7 Å². The van der Waals surface area contributed by atoms with E-state index in [1.165, 1.54) is 5.56 Å². The minimum atomic E-state index is 0. The summed E-state index contributed by atoms with van der Waals surface area (Å²) in [6.07, 6.45) is 0.937. The van der Waals surface area contributed by atoms with Crippen molar-refractivity contribution >= 4 is 41.7 Å². The third-order valence-corrected chi connectivity index (χ3v) is 5.14. The minimum absolute atomic E-state index is 0. The second kappa shape index (κ2) is 12.2. The average molecular weight is 399 g/mol. The van der Waals surface area contributed by atoms with Gasteiger partial charge < -0.3 is 10.6 Å². The molecule has 6 heteroatoms. The summed E-state index contributed by atoms with van der Waals surface area (Å²) in [7, 11) is 1.91. The van der Waals surface area contributed by atoms with Gasteiger partial charge in [-0.2, -0.15) is 0 Å². The molecule has 0 aliphatic carbocycles. The average Bonchev–Trinajstić information content (AvgIpc) is 2.61. The van der Waals surface area contributed by atoms with Gasteiger partial charge in [-0.25, -0.2) is 0 Å². The zero-order chi connectivity index (χ0) is 17.2. The molecule has 1 atom stereocenters. The van der Waals surface area contributed by atoms with Crippen LogP contribution in [0.15, 0.2) is 54.6 Å². The van der Waals surface area contributed by atoms with Gasteiger partial charge in [0.25, 0.3) is 0 Å². The normalized spacial score (nSPS) is 11.4. The molecule has 2 aromatic carbocycles. The molecule has 3 nitrogen and oxygen atoms in total. The molecule has 0 radical (unpaired) electrons. The molecule has 1 unspecified atom stereocenters. The van der Waals surface area contributed by atoms with Gasteiger partial charge in [0.1, 0.15) is 0 Å². The standard InChI is InChI=1S/C19H23ClN2OS.ClH/c1-21-12-5-13-22-18(23)14-24-19(15-6-3-2-4-7-15)16-8-10-17(20)11-9-16;/h2-4,6-11,19,21H,5,12-14H2,1H3,(H,22,23);1H. The molecular formula is C19H24Cl2N2OS. The summed E-state index contributed by atoms with van der Waals surface area (Å²) in [4.78, 5) is 12.1. The van der Waals surface area contributed by atoms with Crippen LogP contribution >= 0.6 is 35.8 Å². The van der Waals surface area contributed by atoms with Gasteiger partial charge in [0.05, 0.1) is 11.0 Å². The van der Waals surface area contributed by atoms with Gasteiger partial charge in [-0.05, 0) is 43.3 Å². The molecular weight excluding hydrogens is 375 g/mol. The van der Waals surface area contributed by atoms with Gasteiger partial charge in [-0.3, -0.25) is 4.79 Å². The first kappa shape index (κ1) is 21.8. The Morgan fingerprint density at radius 1 is 1.04 bits per heavy atom. The van der Waals surface area contributed by atoms with Crippen molar-refractivity contribution in [3.8, 4) is 0 Å². The molecule has 2 aromatic rings. The predicted molar refractivity (Wildman–Crippen MR) is 111 cm³/mol. The Labute approximate surface area is 165 Å². The van der Waals surface area contributed by atoms with Gasteiger partial charge in [-0.1, -0.05) is 54.1 Å². The van der Waals surface area contributed by atoms with E-state index < -0.39 is 0 Å². The van der Waals surface area contributed by atoms with E-state index in [4.69, 9.17) is 11.6 Å². The van der Waals surface area contributed by atoms with Crippen molar-refractivity contribution in [3.63, 3.8) is 0 Å². The molecule has 0 heterocycles. The van der Waals surface area contributed by atoms with E-state index >= 15 is 0 Å². The Balaban J connectivity index is 0.00000312. The summed E-state index contributed by atoms with van der Waals surface area (Å²) in [5.74, 6) is 0.507. The predicted octanol–water partition coefficient (Wildman–Crippen LogP) is 4.31. The number of nitrogens with one attached hydrogen (secondary N) is 2. The van der Waals surface area contributed by atoms with Crippen LogP contribution in [0, 0.1) is 0 Å². The third kappa shape index (κ3) is 7.70. The van der Waals surface area contributed by atoms with E-state index in [-0.39, 0.29) is 23.6 Å². The maximum absolute atomic E-state index is 12.1. The number of carbonyl (C=O) groups is 1. The molecule has 0 aliphatic rings. The number of benzene rings is 2. The quantitative estimate of drug-likeness (QED) is 0.618. The SMILES string of the molecule is CNCCCNC(=O)CSC(c1ccccc1)c1ccc(Cl)cc1.Cl. The molecule has 0 spiro atoms. The third-order valence-electron chi connectivity index (χ3n) is 3.58. The fraction of sp³-hybridized carbons (Fsp3) is 0.316. The summed E-state index contributed by atoms with van der Waals surface area (Å²) in [5, 5.41) is 6.87. The largest absolute Gasteiger partial charge is 0.355 e. The van der Waals surface area contributed by atoms with Crippen LogP contribution in [0.5, 0.6) is 0 Å². The second-order valence-electron chi connectivity index (χ2n) is 5.46. The number of carbonyl (C=O) groups excluding carboxylic acids is 1. The lowest BCUT2D eigenvalue weighted by Gasteiger charge is -2.18. The number of halogens is 2. The summed E-state index contributed by atoms with van der Waals surface area (Å²) in [6, 6.07) is 18.1. The van der Waals surface area contributed by atoms with Crippen LogP contribution in [0.4, 0.5) is 0 Å². The van der Waals surface area contributed by atoms with Gasteiger partial charge >= 0.3 is 0 Å². The summed E-state index contributed by atoms with van der Waals surface area (Å²) in [5.41, 5.74) is 2.34. The smallest absolute Gasteiger partial charge is 0.230 e. The molecule has 0 saturated carbocycles. The monoisotopic (exact) mass is 398 g/mol. The molecule has 0 aromatic heterocycles. The summed E-state index contributed by atoms with van der Waals surface area (Å²) in [6.45, 7) is 1.61. The van der Waals surface area contributed by atoms with Gasteiger partial charge in [-0.15, -0.1) is 24.2 Å². The van der Waals surface area contributed by atoms with E-state index in [2.05, 4.69) is 22.8 Å². The zero-order valence-electron chi connectivity index (χ0n) is 14.2. The Hall–Kier alpha value is -1.20. The number of hydrogen-bond donors (Lipinski definition) is 2. The fourth-order valence-corrected chi connectivity index (χ4v) is 3.60. The topological polar surface area (TPSA) is 41.1 Å². The van der Waals surface area contributed by atoms with Crippen LogP contribution in [0.25, 0.3) is 0 Å². The first-order valence-electron chi connectivity index (χ1n) is 8.04. The Kier molecular flexibility index (Phi) is 10.7. The summed E-state index contributed by atoms with van der Waals surface area (Å²) < 4.78 is 0. The minimum Gasteiger partial charge on any atom is -0.355 e. The highest BCUT2D eigenvalue weighted by Crippen LogP contribution is 2.35. The Bertz CT molecular complexity index is 623. The van der Waals surface area contributed by atoms with Gasteiger partial charge in [0.15, 0.2) is 0 Å². The van der Waals surface area contributed by atoms with Crippen molar-refractivity contribution in [2.75, 3.05) is 25.9 Å². The molecule has 25 heavy (non-hydrogen) atoms. The first-order valence-corrected chi connectivity index (χ1v) is 9.46. The molecule has 136 valence electrons. The molecule has 0 bridgehead atoms. The first-order chi connectivity index (χ1) is 11.7. The van der Waals surface area contributed by atoms with Gasteiger partial charge in [0.2, 0.25) is 5.91 Å². The second-order valence-corrected chi connectivity index (χ2v) is 6.99. The highest BCUT2D eigenvalue weighted by molar-refractivity contribution is 8.00. The van der Waals surface area contributed by atoms with Crippen molar-refractivity contribution in [2.24, 2.45) is 0 Å². The molecule has 0 fully saturated rings. The maximum atomic E-state index is 12.1. The van der Waals surface area contributed by atoms with Crippen LogP contribution in [0.2, 0.25) is 5.02 Å². The highest BCUT2D eigenvalue weighted by atomic mass is 35.5. The zero-order valence-corrected chi connectivity index (χ0v) is 16.6. The lowest BCUT2D eigenvalue weighted by molar-refractivity contribution is -0.118. The fourth-order valence-electron chi connectivity index (χ4n) is 2.35. The maximum Gasteiger partial charge on any atom is 0.230 e. The number of amides is 1. The number of thioether (sulfide) groups is 1. The van der Waals surface area contributed by atoms with E-state index in [9.17, 15) is 4.79 Å². The molecule has 2 rings (SSSR count). The number of rotatable bonds is 9. The van der Waals surface area contributed by atoms with E-state index in [0.717, 1.165) is 23.6 Å². The van der Waals surface area contributed by atoms with E-state index in [1.54, 1.807) is 11.8 Å². The van der Waals surface area contributed by atoms with Crippen molar-refractivity contribution in [1.82, 2.24) is 10.6 Å². The lowest BCUT2D eigenvalue weighted by Crippen LogP contribution is -2.28. The van der Waals surface area contributed by atoms with Crippen molar-refractivity contribution in [1.29, 1.82) is 0 Å². The van der Waals surface area contributed by atoms with Crippen LogP contribution in [-0.4, -0.2) is 31.8 Å². The van der Waals surface area contributed by atoms with Gasteiger partial charge in [0, 0.05) is 11.6 Å². The highest BCUT2D eigenvalue weighted by Gasteiger charge is 2.16. The van der Waals surface area contributed by atoms with E-state index in [1.807, 2.05) is 49.5 Å². The molecule has 0 aliphatic heterocycles. The van der Waals surface area contributed by atoms with Crippen molar-refractivity contribution in [2.45, 2.75) is 11.7 Å². The van der Waals surface area contributed by atoms with Crippen LogP contribution < -0.4 is 10.6 Å². The summed E-state index contributed by atoms with van der Waals surface area (Å²) >= 11 is 7.63. The lowest BCUT2D eigenvalue weighted by atomic mass is 10.0. The molecule has 2 N–H and O–H groups in total. The Morgan fingerprint density at radius 2 is 1.68 bits per heavy atom. The molecule has 1 amide bonds.